The van der Waals surface area contributed by atoms with Crippen molar-refractivity contribution in [2.24, 2.45) is 0 Å². The average Bonchev–Trinajstić information content (AvgIpc) is 3.38. The number of alkyl halides is 2. The van der Waals surface area contributed by atoms with Crippen LogP contribution in [-0.2, 0) is 16.1 Å². The third-order valence-corrected chi connectivity index (χ3v) is 6.95. The van der Waals surface area contributed by atoms with Crippen molar-refractivity contribution in [3.8, 4) is 11.5 Å². The molecule has 0 saturated carbocycles. The van der Waals surface area contributed by atoms with Crippen LogP contribution in [0.1, 0.15) is 30.9 Å². The molecule has 0 N–H and O–H groups in total. The number of rotatable bonds is 9. The summed E-state index contributed by atoms with van der Waals surface area (Å²) in [7, 11) is 1.68. The lowest BCUT2D eigenvalue weighted by Crippen LogP contribution is -2.54. The van der Waals surface area contributed by atoms with Crippen LogP contribution in [-0.4, -0.2) is 71.9 Å². The van der Waals surface area contributed by atoms with Crippen molar-refractivity contribution in [3.05, 3.63) is 53.7 Å². The number of benzene rings is 1. The van der Waals surface area contributed by atoms with Crippen LogP contribution in [0.4, 0.5) is 28.9 Å². The Morgan fingerprint density at radius 1 is 1.11 bits per heavy atom. The fourth-order valence-electron chi connectivity index (χ4n) is 4.75. The van der Waals surface area contributed by atoms with E-state index < -0.39 is 24.0 Å². The Bertz CT molecular complexity index is 1260. The molecule has 0 unspecified atom stereocenters. The minimum absolute atomic E-state index is 0.0897. The predicted molar refractivity (Wildman–Crippen MR) is 129 cm³/mol. The average molecular weight is 535 g/mol. The first-order chi connectivity index (χ1) is 18.3. The van der Waals surface area contributed by atoms with Crippen LogP contribution in [0.5, 0.6) is 0 Å². The standard InChI is InChI=1S/C25H26F4N6O3/c1-33(11-16-3-2-15(10-30-16)24-31-32-25(38-24)23(28)29)21-8-19(26)20(27)9-22(21)35(14-36)17-4-6-34(7-5-17)18-12-37-13-18/h2-3,8-10,14,17-18,23H,4-7,11-13H2,1H3. The zero-order chi connectivity index (χ0) is 26.8. The highest BCUT2D eigenvalue weighted by Crippen LogP contribution is 2.35. The number of carbonyl (C=O) groups is 1. The molecular formula is C25H26F4N6O3. The molecule has 2 aliphatic rings. The van der Waals surface area contributed by atoms with Gasteiger partial charge in [0.25, 0.3) is 5.89 Å². The van der Waals surface area contributed by atoms with Gasteiger partial charge in [-0.2, -0.15) is 8.78 Å². The number of hydrogen-bond acceptors (Lipinski definition) is 8. The Balaban J connectivity index is 1.33. The minimum atomic E-state index is -2.88. The molecule has 38 heavy (non-hydrogen) atoms. The van der Waals surface area contributed by atoms with Crippen LogP contribution in [0.25, 0.3) is 11.5 Å². The summed E-state index contributed by atoms with van der Waals surface area (Å²) in [5.41, 5.74) is 1.51. The van der Waals surface area contributed by atoms with Gasteiger partial charge in [0, 0.05) is 44.5 Å². The Kier molecular flexibility index (Phi) is 7.56. The number of carbonyl (C=O) groups excluding carboxylic acids is 1. The number of pyridine rings is 1. The maximum absolute atomic E-state index is 14.4. The third-order valence-electron chi connectivity index (χ3n) is 6.95. The summed E-state index contributed by atoms with van der Waals surface area (Å²) in [6, 6.07) is 5.58. The lowest BCUT2D eigenvalue weighted by Gasteiger charge is -2.43. The summed E-state index contributed by atoms with van der Waals surface area (Å²) in [6.07, 6.45) is 0.587. The van der Waals surface area contributed by atoms with Gasteiger partial charge < -0.3 is 19.0 Å². The molecule has 2 saturated heterocycles. The lowest BCUT2D eigenvalue weighted by atomic mass is 10.00. The summed E-state index contributed by atoms with van der Waals surface area (Å²) in [5.74, 6) is -2.95. The van der Waals surface area contributed by atoms with Crippen LogP contribution in [0.3, 0.4) is 0 Å². The van der Waals surface area contributed by atoms with Crippen LogP contribution < -0.4 is 9.80 Å². The largest absolute Gasteiger partial charge is 0.415 e. The number of hydrogen-bond donors (Lipinski definition) is 0. The summed E-state index contributed by atoms with van der Waals surface area (Å²) in [4.78, 5) is 22.0. The maximum atomic E-state index is 14.4. The molecule has 4 heterocycles. The van der Waals surface area contributed by atoms with E-state index in [-0.39, 0.29) is 24.2 Å². The molecule has 3 aromatic rings. The number of amides is 1. The lowest BCUT2D eigenvalue weighted by molar-refractivity contribution is -0.108. The first-order valence-electron chi connectivity index (χ1n) is 12.2. The molecule has 0 atom stereocenters. The molecule has 202 valence electrons. The Morgan fingerprint density at radius 2 is 1.82 bits per heavy atom. The highest BCUT2D eigenvalue weighted by molar-refractivity contribution is 5.84. The number of aromatic nitrogens is 3. The topological polar surface area (TPSA) is 87.8 Å². The molecule has 0 spiro atoms. The van der Waals surface area contributed by atoms with Gasteiger partial charge in [-0.05, 0) is 25.0 Å². The van der Waals surface area contributed by atoms with E-state index in [4.69, 9.17) is 9.15 Å². The van der Waals surface area contributed by atoms with Crippen molar-refractivity contribution < 1.29 is 31.5 Å². The highest BCUT2D eigenvalue weighted by atomic mass is 19.3. The summed E-state index contributed by atoms with van der Waals surface area (Å²) < 4.78 is 64.3. The van der Waals surface area contributed by atoms with Crippen molar-refractivity contribution >= 4 is 17.8 Å². The first kappa shape index (κ1) is 26.0. The molecule has 2 fully saturated rings. The molecule has 0 bridgehead atoms. The van der Waals surface area contributed by atoms with E-state index in [0.29, 0.717) is 55.5 Å². The molecule has 2 aromatic heterocycles. The van der Waals surface area contributed by atoms with Crippen molar-refractivity contribution in [1.29, 1.82) is 0 Å². The van der Waals surface area contributed by atoms with Crippen LogP contribution in [0, 0.1) is 11.6 Å². The summed E-state index contributed by atoms with van der Waals surface area (Å²) in [5, 5.41) is 6.90. The number of nitrogens with zero attached hydrogens (tertiary/aromatic N) is 6. The number of anilines is 2. The molecule has 1 amide bonds. The molecule has 9 nitrogen and oxygen atoms in total. The number of ether oxygens (including phenoxy) is 1. The van der Waals surface area contributed by atoms with Gasteiger partial charge in [0.15, 0.2) is 11.6 Å². The van der Waals surface area contributed by atoms with E-state index in [1.807, 2.05) is 0 Å². The van der Waals surface area contributed by atoms with E-state index in [2.05, 4.69) is 20.1 Å². The number of halogens is 4. The molecule has 2 aliphatic heterocycles. The Labute approximate surface area is 216 Å². The molecule has 1 aromatic carbocycles. The molecule has 5 rings (SSSR count). The monoisotopic (exact) mass is 534 g/mol. The van der Waals surface area contributed by atoms with Crippen molar-refractivity contribution in [2.45, 2.75) is 37.9 Å². The molecular weight excluding hydrogens is 508 g/mol. The summed E-state index contributed by atoms with van der Waals surface area (Å²) in [6.45, 7) is 3.18. The quantitative estimate of drug-likeness (QED) is 0.303. The smallest absolute Gasteiger partial charge is 0.314 e. The van der Waals surface area contributed by atoms with E-state index in [9.17, 15) is 22.4 Å². The predicted octanol–water partition coefficient (Wildman–Crippen LogP) is 3.81. The zero-order valence-electron chi connectivity index (χ0n) is 20.6. The second kappa shape index (κ2) is 11.0. The molecule has 0 radical (unpaired) electrons. The fourth-order valence-corrected chi connectivity index (χ4v) is 4.75. The normalized spacial score (nSPS) is 17.0. The zero-order valence-corrected chi connectivity index (χ0v) is 20.6. The van der Waals surface area contributed by atoms with Gasteiger partial charge in [0.2, 0.25) is 12.3 Å². The van der Waals surface area contributed by atoms with Gasteiger partial charge in [0.05, 0.1) is 48.4 Å². The van der Waals surface area contributed by atoms with Gasteiger partial charge in [-0.15, -0.1) is 10.2 Å². The SMILES string of the molecule is CN(Cc1ccc(-c2nnc(C(F)F)o2)cn1)c1cc(F)c(F)cc1N(C=O)C1CCN(C2COC2)CC1. The Hall–Kier alpha value is -3.58. The Morgan fingerprint density at radius 3 is 2.37 bits per heavy atom. The second-order valence-electron chi connectivity index (χ2n) is 9.37. The first-order valence-corrected chi connectivity index (χ1v) is 12.2. The van der Waals surface area contributed by atoms with Gasteiger partial charge in [-0.25, -0.2) is 8.78 Å². The number of likely N-dealkylation sites (tertiary alicyclic amines) is 1. The molecule has 13 heteroatoms. The van der Waals surface area contributed by atoms with Crippen LogP contribution in [0.15, 0.2) is 34.9 Å². The van der Waals surface area contributed by atoms with E-state index in [0.717, 1.165) is 25.2 Å². The number of piperidine rings is 1. The maximum Gasteiger partial charge on any atom is 0.314 e. The van der Waals surface area contributed by atoms with Crippen molar-refractivity contribution in [1.82, 2.24) is 20.1 Å². The minimum Gasteiger partial charge on any atom is -0.415 e. The van der Waals surface area contributed by atoms with E-state index in [1.54, 1.807) is 24.1 Å². The van der Waals surface area contributed by atoms with Crippen LogP contribution >= 0.6 is 0 Å². The van der Waals surface area contributed by atoms with E-state index in [1.165, 1.54) is 11.1 Å². The molecule has 0 aliphatic carbocycles. The third kappa shape index (κ3) is 5.34. The van der Waals surface area contributed by atoms with Crippen molar-refractivity contribution in [2.75, 3.05) is 43.2 Å². The van der Waals surface area contributed by atoms with Crippen molar-refractivity contribution in [3.63, 3.8) is 0 Å². The summed E-state index contributed by atoms with van der Waals surface area (Å²) >= 11 is 0. The van der Waals surface area contributed by atoms with E-state index >= 15 is 0 Å². The van der Waals surface area contributed by atoms with Gasteiger partial charge in [-0.1, -0.05) is 0 Å². The second-order valence-corrected chi connectivity index (χ2v) is 9.37. The van der Waals surface area contributed by atoms with Gasteiger partial charge in [0.1, 0.15) is 0 Å². The highest BCUT2D eigenvalue weighted by Gasteiger charge is 2.33. The van der Waals surface area contributed by atoms with Crippen LogP contribution in [0.2, 0.25) is 0 Å². The van der Waals surface area contributed by atoms with Gasteiger partial charge in [-0.3, -0.25) is 14.7 Å². The van der Waals surface area contributed by atoms with Gasteiger partial charge >= 0.3 is 6.43 Å². The fraction of sp³-hybridized carbons (Fsp3) is 0.440.